The summed E-state index contributed by atoms with van der Waals surface area (Å²) in [7, 11) is 0. The first-order valence-electron chi connectivity index (χ1n) is 6.44. The lowest BCUT2D eigenvalue weighted by atomic mass is 10.1. The van der Waals surface area contributed by atoms with E-state index in [-0.39, 0.29) is 6.61 Å². The molecule has 0 bridgehead atoms. The molecule has 0 spiro atoms. The van der Waals surface area contributed by atoms with Crippen LogP contribution in [0.1, 0.15) is 24.8 Å². The third-order valence-corrected chi connectivity index (χ3v) is 3.11. The summed E-state index contributed by atoms with van der Waals surface area (Å²) >= 11 is 0. The maximum atomic E-state index is 8.81. The van der Waals surface area contributed by atoms with E-state index in [1.165, 1.54) is 12.0 Å². The Morgan fingerprint density at radius 3 is 3.12 bits per heavy atom. The molecule has 1 unspecified atom stereocenters. The first-order valence-corrected chi connectivity index (χ1v) is 6.44. The quantitative estimate of drug-likeness (QED) is 0.794. The second kappa shape index (κ2) is 6.62. The van der Waals surface area contributed by atoms with Crippen LogP contribution in [-0.4, -0.2) is 31.0 Å². The molecule has 1 aromatic rings. The van der Waals surface area contributed by atoms with Gasteiger partial charge >= 0.3 is 0 Å². The highest BCUT2D eigenvalue weighted by molar-refractivity contribution is 5.45. The van der Waals surface area contributed by atoms with Gasteiger partial charge in [0.15, 0.2) is 0 Å². The Balaban J connectivity index is 1.82. The average molecular weight is 235 g/mol. The first-order chi connectivity index (χ1) is 8.38. The highest BCUT2D eigenvalue weighted by Crippen LogP contribution is 2.15. The number of benzene rings is 1. The van der Waals surface area contributed by atoms with Gasteiger partial charge in [0.25, 0.3) is 0 Å². The van der Waals surface area contributed by atoms with Crippen molar-refractivity contribution in [3.8, 4) is 0 Å². The Morgan fingerprint density at radius 1 is 1.41 bits per heavy atom. The van der Waals surface area contributed by atoms with E-state index in [2.05, 4.69) is 29.6 Å². The zero-order valence-corrected chi connectivity index (χ0v) is 10.2. The highest BCUT2D eigenvalue weighted by atomic mass is 16.5. The monoisotopic (exact) mass is 235 g/mol. The largest absolute Gasteiger partial charge is 0.396 e. The third kappa shape index (κ3) is 4.02. The molecular weight excluding hydrogens is 214 g/mol. The van der Waals surface area contributed by atoms with Gasteiger partial charge in [0.05, 0.1) is 6.10 Å². The van der Waals surface area contributed by atoms with Crippen molar-refractivity contribution in [3.63, 3.8) is 0 Å². The van der Waals surface area contributed by atoms with Gasteiger partial charge in [-0.2, -0.15) is 0 Å². The SMILES string of the molecule is OCCCc1cccc(NCC2CCCO2)c1. The zero-order valence-electron chi connectivity index (χ0n) is 10.2. The van der Waals surface area contributed by atoms with E-state index in [0.717, 1.165) is 38.1 Å². The summed E-state index contributed by atoms with van der Waals surface area (Å²) in [6.07, 6.45) is 4.48. The average Bonchev–Trinajstić information content (AvgIpc) is 2.87. The molecule has 1 aliphatic heterocycles. The Morgan fingerprint density at radius 2 is 2.35 bits per heavy atom. The molecule has 17 heavy (non-hydrogen) atoms. The fourth-order valence-electron chi connectivity index (χ4n) is 2.16. The molecule has 1 heterocycles. The summed E-state index contributed by atoms with van der Waals surface area (Å²) in [6.45, 7) is 2.06. The molecule has 1 aliphatic rings. The van der Waals surface area contributed by atoms with Gasteiger partial charge in [-0.3, -0.25) is 0 Å². The maximum Gasteiger partial charge on any atom is 0.0748 e. The molecule has 2 rings (SSSR count). The topological polar surface area (TPSA) is 41.5 Å². The number of hydrogen-bond donors (Lipinski definition) is 2. The molecule has 94 valence electrons. The van der Waals surface area contributed by atoms with Gasteiger partial charge < -0.3 is 15.2 Å². The summed E-state index contributed by atoms with van der Waals surface area (Å²) in [4.78, 5) is 0. The lowest BCUT2D eigenvalue weighted by Gasteiger charge is -2.12. The van der Waals surface area contributed by atoms with Crippen molar-refractivity contribution >= 4 is 5.69 Å². The number of nitrogens with one attached hydrogen (secondary N) is 1. The summed E-state index contributed by atoms with van der Waals surface area (Å²) < 4.78 is 5.57. The van der Waals surface area contributed by atoms with E-state index in [9.17, 15) is 0 Å². The molecule has 0 aromatic heterocycles. The van der Waals surface area contributed by atoms with Crippen molar-refractivity contribution in [2.45, 2.75) is 31.8 Å². The number of anilines is 1. The molecule has 1 saturated heterocycles. The Hall–Kier alpha value is -1.06. The van der Waals surface area contributed by atoms with Gasteiger partial charge in [0.2, 0.25) is 0 Å². The zero-order chi connectivity index (χ0) is 11.9. The number of hydrogen-bond acceptors (Lipinski definition) is 3. The Labute approximate surface area is 103 Å². The van der Waals surface area contributed by atoms with E-state index < -0.39 is 0 Å². The van der Waals surface area contributed by atoms with Crippen LogP contribution in [0.4, 0.5) is 5.69 Å². The van der Waals surface area contributed by atoms with Crippen molar-refractivity contribution in [1.82, 2.24) is 0 Å². The summed E-state index contributed by atoms with van der Waals surface area (Å²) in [5.74, 6) is 0. The number of aliphatic hydroxyl groups is 1. The molecule has 1 atom stereocenters. The predicted molar refractivity (Wildman–Crippen MR) is 69.3 cm³/mol. The molecule has 2 N–H and O–H groups in total. The standard InChI is InChI=1S/C14H21NO2/c16-8-2-5-12-4-1-6-13(10-12)15-11-14-7-3-9-17-14/h1,4,6,10,14-16H,2-3,5,7-9,11H2. The summed E-state index contributed by atoms with van der Waals surface area (Å²) in [5.41, 5.74) is 2.42. The van der Waals surface area contributed by atoms with Gasteiger partial charge in [-0.1, -0.05) is 12.1 Å². The van der Waals surface area contributed by atoms with Crippen molar-refractivity contribution in [1.29, 1.82) is 0 Å². The Bertz CT molecular complexity index is 335. The molecule has 1 fully saturated rings. The molecule has 0 radical (unpaired) electrons. The lowest BCUT2D eigenvalue weighted by molar-refractivity contribution is 0.120. The minimum Gasteiger partial charge on any atom is -0.396 e. The number of ether oxygens (including phenoxy) is 1. The molecule has 3 heteroatoms. The van der Waals surface area contributed by atoms with Crippen molar-refractivity contribution < 1.29 is 9.84 Å². The number of rotatable bonds is 6. The lowest BCUT2D eigenvalue weighted by Crippen LogP contribution is -2.18. The second-order valence-corrected chi connectivity index (χ2v) is 4.54. The highest BCUT2D eigenvalue weighted by Gasteiger charge is 2.14. The molecular formula is C14H21NO2. The van der Waals surface area contributed by atoms with E-state index in [0.29, 0.717) is 6.10 Å². The van der Waals surface area contributed by atoms with E-state index in [1.54, 1.807) is 0 Å². The van der Waals surface area contributed by atoms with Crippen LogP contribution in [0.5, 0.6) is 0 Å². The van der Waals surface area contributed by atoms with Gasteiger partial charge in [-0.15, -0.1) is 0 Å². The van der Waals surface area contributed by atoms with Crippen molar-refractivity contribution in [3.05, 3.63) is 29.8 Å². The minimum absolute atomic E-state index is 0.258. The molecule has 3 nitrogen and oxygen atoms in total. The van der Waals surface area contributed by atoms with E-state index in [1.807, 2.05) is 0 Å². The maximum absolute atomic E-state index is 8.81. The van der Waals surface area contributed by atoms with Crippen LogP contribution in [-0.2, 0) is 11.2 Å². The fourth-order valence-corrected chi connectivity index (χ4v) is 2.16. The fraction of sp³-hybridized carbons (Fsp3) is 0.571. The second-order valence-electron chi connectivity index (χ2n) is 4.54. The van der Waals surface area contributed by atoms with Crippen LogP contribution in [0, 0.1) is 0 Å². The molecule has 1 aromatic carbocycles. The van der Waals surface area contributed by atoms with Gasteiger partial charge in [-0.25, -0.2) is 0 Å². The van der Waals surface area contributed by atoms with Crippen LogP contribution in [0.2, 0.25) is 0 Å². The first kappa shape index (κ1) is 12.4. The van der Waals surface area contributed by atoms with Gasteiger partial charge in [-0.05, 0) is 43.4 Å². The van der Waals surface area contributed by atoms with Crippen LogP contribution in [0.15, 0.2) is 24.3 Å². The summed E-state index contributed by atoms with van der Waals surface area (Å²) in [6, 6.07) is 8.40. The van der Waals surface area contributed by atoms with E-state index >= 15 is 0 Å². The van der Waals surface area contributed by atoms with Gasteiger partial charge in [0, 0.05) is 25.4 Å². The minimum atomic E-state index is 0.258. The normalized spacial score (nSPS) is 19.5. The molecule has 0 aliphatic carbocycles. The summed E-state index contributed by atoms with van der Waals surface area (Å²) in [5, 5.41) is 12.2. The van der Waals surface area contributed by atoms with E-state index in [4.69, 9.17) is 9.84 Å². The third-order valence-electron chi connectivity index (χ3n) is 3.11. The van der Waals surface area contributed by atoms with Crippen LogP contribution in [0.25, 0.3) is 0 Å². The Kier molecular flexibility index (Phi) is 4.83. The number of aryl methyl sites for hydroxylation is 1. The molecule has 0 saturated carbocycles. The van der Waals surface area contributed by atoms with Crippen LogP contribution in [0.3, 0.4) is 0 Å². The van der Waals surface area contributed by atoms with Crippen LogP contribution >= 0.6 is 0 Å². The van der Waals surface area contributed by atoms with Crippen LogP contribution < -0.4 is 5.32 Å². The number of aliphatic hydroxyl groups excluding tert-OH is 1. The van der Waals surface area contributed by atoms with Gasteiger partial charge in [0.1, 0.15) is 0 Å². The smallest absolute Gasteiger partial charge is 0.0748 e. The van der Waals surface area contributed by atoms with Crippen molar-refractivity contribution in [2.24, 2.45) is 0 Å². The predicted octanol–water partition coefficient (Wildman–Crippen LogP) is 2.20. The molecule has 0 amide bonds. The van der Waals surface area contributed by atoms with Crippen molar-refractivity contribution in [2.75, 3.05) is 25.1 Å².